The summed E-state index contributed by atoms with van der Waals surface area (Å²) >= 11 is 0. The third-order valence-electron chi connectivity index (χ3n) is 9.21. The Bertz CT molecular complexity index is 1260. The summed E-state index contributed by atoms with van der Waals surface area (Å²) in [6, 6.07) is 6.10. The molecular weight excluding hydrogens is 500 g/mol. The Morgan fingerprint density at radius 3 is 2.50 bits per heavy atom. The number of nitroso groups, excluding NO2 is 1. The van der Waals surface area contributed by atoms with Gasteiger partial charge in [-0.15, -0.1) is 4.91 Å². The first-order valence-corrected chi connectivity index (χ1v) is 15.5. The standard InChI is InChI=1S/C33H44N4O3/c1-2-3-13-28-29-16-15-25(32(38)34-40)23-31(29)37-24-26(12-8-5-4-6-9-14-30(28)37)33(39)36-21-17-27(18-22-36)35-19-10-7-11-20-35/h4-6,9,15-16,23,26-27H,2-3,7-8,10-14,17-22,24H2,1H3/b5-4-,9-6-. The van der Waals surface area contributed by atoms with Gasteiger partial charge in [0.05, 0.1) is 5.92 Å². The van der Waals surface area contributed by atoms with E-state index in [0.29, 0.717) is 18.2 Å². The second kappa shape index (κ2) is 13.5. The molecule has 0 bridgehead atoms. The van der Waals surface area contributed by atoms with Crippen molar-refractivity contribution >= 4 is 22.7 Å². The number of piperidine rings is 2. The van der Waals surface area contributed by atoms with E-state index in [4.69, 9.17) is 0 Å². The minimum atomic E-state index is -0.752. The van der Waals surface area contributed by atoms with Gasteiger partial charge in [-0.2, -0.15) is 0 Å². The second-order valence-corrected chi connectivity index (χ2v) is 11.8. The molecule has 0 N–H and O–H groups in total. The van der Waals surface area contributed by atoms with Crippen LogP contribution in [-0.4, -0.2) is 58.4 Å². The number of likely N-dealkylation sites (tertiary alicyclic amines) is 2. The van der Waals surface area contributed by atoms with Crippen LogP contribution in [0.4, 0.5) is 0 Å². The largest absolute Gasteiger partial charge is 0.343 e. The number of benzene rings is 1. The molecule has 0 spiro atoms. The fourth-order valence-corrected chi connectivity index (χ4v) is 6.97. The quantitative estimate of drug-likeness (QED) is 0.393. The van der Waals surface area contributed by atoms with Crippen molar-refractivity contribution in [3.05, 3.63) is 64.2 Å². The predicted molar refractivity (Wildman–Crippen MR) is 160 cm³/mol. The molecule has 1 atom stereocenters. The van der Waals surface area contributed by atoms with Crippen molar-refractivity contribution in [2.24, 2.45) is 11.1 Å². The third-order valence-corrected chi connectivity index (χ3v) is 9.21. The molecule has 5 rings (SSSR count). The minimum absolute atomic E-state index is 0.147. The van der Waals surface area contributed by atoms with Crippen molar-refractivity contribution in [2.75, 3.05) is 26.2 Å². The van der Waals surface area contributed by atoms with Crippen LogP contribution in [0.15, 0.2) is 47.7 Å². The molecular formula is C33H44N4O3. The Kier molecular flexibility index (Phi) is 9.63. The Morgan fingerprint density at radius 2 is 1.75 bits per heavy atom. The van der Waals surface area contributed by atoms with Crippen LogP contribution in [0.3, 0.4) is 0 Å². The van der Waals surface area contributed by atoms with Gasteiger partial charge in [0.15, 0.2) is 0 Å². The first kappa shape index (κ1) is 28.5. The summed E-state index contributed by atoms with van der Waals surface area (Å²) in [6.07, 6.45) is 20.1. The lowest BCUT2D eigenvalue weighted by Crippen LogP contribution is -2.49. The van der Waals surface area contributed by atoms with Crippen molar-refractivity contribution in [1.29, 1.82) is 0 Å². The smallest absolute Gasteiger partial charge is 0.316 e. The average Bonchev–Trinajstić information content (AvgIpc) is 3.26. The van der Waals surface area contributed by atoms with E-state index in [-0.39, 0.29) is 11.8 Å². The zero-order chi connectivity index (χ0) is 27.9. The van der Waals surface area contributed by atoms with E-state index in [1.807, 2.05) is 12.1 Å². The fourth-order valence-electron chi connectivity index (χ4n) is 6.97. The molecule has 4 heterocycles. The van der Waals surface area contributed by atoms with Crippen LogP contribution in [0.2, 0.25) is 0 Å². The molecule has 2 fully saturated rings. The highest BCUT2D eigenvalue weighted by Gasteiger charge is 2.32. The van der Waals surface area contributed by atoms with Crippen LogP contribution in [0.1, 0.15) is 86.3 Å². The van der Waals surface area contributed by atoms with E-state index in [0.717, 1.165) is 75.4 Å². The van der Waals surface area contributed by atoms with Gasteiger partial charge in [-0.3, -0.25) is 9.59 Å². The Hall–Kier alpha value is -3.06. The number of carbonyl (C=O) groups is 2. The molecule has 1 aromatic heterocycles. The van der Waals surface area contributed by atoms with Gasteiger partial charge in [-0.25, -0.2) is 0 Å². The molecule has 2 saturated heterocycles. The number of unbranched alkanes of at least 4 members (excludes halogenated alkanes) is 1. The van der Waals surface area contributed by atoms with Crippen LogP contribution in [-0.2, 0) is 24.2 Å². The second-order valence-electron chi connectivity index (χ2n) is 11.8. The van der Waals surface area contributed by atoms with Crippen LogP contribution in [0.5, 0.6) is 0 Å². The highest BCUT2D eigenvalue weighted by molar-refractivity contribution is 5.99. The number of amides is 2. The lowest BCUT2D eigenvalue weighted by molar-refractivity contribution is -0.137. The lowest BCUT2D eigenvalue weighted by atomic mass is 9.96. The average molecular weight is 545 g/mol. The fraction of sp³-hybridized carbons (Fsp3) is 0.576. The summed E-state index contributed by atoms with van der Waals surface area (Å²) in [4.78, 5) is 42.1. The summed E-state index contributed by atoms with van der Waals surface area (Å²) < 4.78 is 2.28. The molecule has 1 aromatic carbocycles. The van der Waals surface area contributed by atoms with Crippen molar-refractivity contribution in [1.82, 2.24) is 14.4 Å². The number of hydrogen-bond donors (Lipinski definition) is 0. The first-order chi connectivity index (χ1) is 19.6. The summed E-state index contributed by atoms with van der Waals surface area (Å²) in [7, 11) is 0. The van der Waals surface area contributed by atoms with Crippen LogP contribution in [0.25, 0.3) is 10.9 Å². The van der Waals surface area contributed by atoms with E-state index < -0.39 is 5.91 Å². The first-order valence-electron chi connectivity index (χ1n) is 15.5. The molecule has 2 amide bonds. The van der Waals surface area contributed by atoms with E-state index in [1.54, 1.807) is 6.07 Å². The molecule has 0 radical (unpaired) electrons. The van der Waals surface area contributed by atoms with Gasteiger partial charge >= 0.3 is 5.91 Å². The number of aromatic nitrogens is 1. The summed E-state index contributed by atoms with van der Waals surface area (Å²) in [5.74, 6) is -0.647. The van der Waals surface area contributed by atoms with E-state index in [2.05, 4.69) is 50.8 Å². The predicted octanol–water partition coefficient (Wildman–Crippen LogP) is 6.43. The van der Waals surface area contributed by atoms with E-state index >= 15 is 0 Å². The van der Waals surface area contributed by atoms with Crippen molar-refractivity contribution in [3.8, 4) is 0 Å². The van der Waals surface area contributed by atoms with Gasteiger partial charge in [-0.05, 0) is 82.2 Å². The number of fused-ring (bicyclic) bond motifs is 3. The Labute approximate surface area is 238 Å². The van der Waals surface area contributed by atoms with Gasteiger partial charge in [0.25, 0.3) is 0 Å². The number of allylic oxidation sites excluding steroid dienone is 4. The Balaban J connectivity index is 1.45. The third kappa shape index (κ3) is 6.30. The SMILES string of the molecule is CCCCc1c2n(c3cc(C(=O)N=O)ccc13)CC(C(=O)N1CCC(N3CCCCC3)CC1)CC/C=C\C=C/C2. The van der Waals surface area contributed by atoms with Crippen molar-refractivity contribution < 1.29 is 9.59 Å². The zero-order valence-electron chi connectivity index (χ0n) is 24.0. The maximum atomic E-state index is 14.1. The maximum absolute atomic E-state index is 14.1. The molecule has 3 aliphatic heterocycles. The molecule has 7 nitrogen and oxygen atoms in total. The molecule has 0 aliphatic carbocycles. The normalized spacial score (nSPS) is 22.8. The van der Waals surface area contributed by atoms with Gasteiger partial charge in [0.1, 0.15) is 0 Å². The van der Waals surface area contributed by atoms with Gasteiger partial charge < -0.3 is 14.4 Å². The van der Waals surface area contributed by atoms with Crippen LogP contribution < -0.4 is 0 Å². The van der Waals surface area contributed by atoms with Crippen LogP contribution >= 0.6 is 0 Å². The number of carbonyl (C=O) groups excluding carboxylic acids is 2. The Morgan fingerprint density at radius 1 is 0.975 bits per heavy atom. The summed E-state index contributed by atoms with van der Waals surface area (Å²) in [5.41, 5.74) is 3.73. The van der Waals surface area contributed by atoms with Crippen molar-refractivity contribution in [2.45, 2.75) is 90.1 Å². The zero-order valence-corrected chi connectivity index (χ0v) is 24.0. The number of aryl methyl sites for hydroxylation is 1. The molecule has 214 valence electrons. The highest BCUT2D eigenvalue weighted by Crippen LogP contribution is 2.32. The summed E-state index contributed by atoms with van der Waals surface area (Å²) in [5, 5.41) is 3.78. The molecule has 2 aromatic rings. The number of nitrogens with zero attached hydrogens (tertiary/aromatic N) is 4. The van der Waals surface area contributed by atoms with E-state index in [9.17, 15) is 14.5 Å². The summed E-state index contributed by atoms with van der Waals surface area (Å²) in [6.45, 7) is 6.85. The number of hydrogen-bond acceptors (Lipinski definition) is 4. The van der Waals surface area contributed by atoms with Gasteiger partial charge in [0.2, 0.25) is 5.91 Å². The molecule has 3 aliphatic rings. The topological polar surface area (TPSA) is 75.0 Å². The molecule has 0 saturated carbocycles. The maximum Gasteiger partial charge on any atom is 0.316 e. The molecule has 7 heteroatoms. The van der Waals surface area contributed by atoms with Gasteiger partial charge in [-0.1, -0.05) is 50.1 Å². The van der Waals surface area contributed by atoms with Crippen LogP contribution in [0, 0.1) is 10.8 Å². The molecule has 40 heavy (non-hydrogen) atoms. The van der Waals surface area contributed by atoms with E-state index in [1.165, 1.54) is 43.6 Å². The minimum Gasteiger partial charge on any atom is -0.343 e. The lowest BCUT2D eigenvalue weighted by Gasteiger charge is -2.41. The number of rotatable bonds is 6. The van der Waals surface area contributed by atoms with Gasteiger partial charge in [0, 0.05) is 59.4 Å². The van der Waals surface area contributed by atoms with Crippen molar-refractivity contribution in [3.63, 3.8) is 0 Å². The molecule has 1 unspecified atom stereocenters. The monoisotopic (exact) mass is 544 g/mol. The highest BCUT2D eigenvalue weighted by atomic mass is 16.3.